The number of anilines is 2. The van der Waals surface area contributed by atoms with Gasteiger partial charge < -0.3 is 15.6 Å². The van der Waals surface area contributed by atoms with Gasteiger partial charge in [-0.05, 0) is 50.6 Å². The molecule has 2 rings (SSSR count). The Morgan fingerprint density at radius 1 is 0.913 bits per heavy atom. The number of aromatic nitrogens is 1. The molecule has 1 aromatic heterocycles. The molecule has 0 aliphatic carbocycles. The quantitative estimate of drug-likeness (QED) is 0.758. The van der Waals surface area contributed by atoms with E-state index in [9.17, 15) is 14.4 Å². The summed E-state index contributed by atoms with van der Waals surface area (Å²) in [7, 11) is 0. The van der Waals surface area contributed by atoms with Gasteiger partial charge >= 0.3 is 0 Å². The fourth-order valence-corrected chi connectivity index (χ4v) is 2.54. The number of carbonyl (C=O) groups is 3. The molecular weight excluding hydrogens is 294 g/mol. The molecule has 2 aromatic rings. The smallest absolute Gasteiger partial charge is 0.272 e. The average molecular weight is 313 g/mol. The highest BCUT2D eigenvalue weighted by Crippen LogP contribution is 2.20. The van der Waals surface area contributed by atoms with Gasteiger partial charge in [0.05, 0.1) is 0 Å². The predicted octanol–water partition coefficient (Wildman–Crippen LogP) is 3.04. The number of H-pyrrole nitrogens is 1. The van der Waals surface area contributed by atoms with E-state index >= 15 is 0 Å². The molecular formula is C17H19N3O3. The molecule has 0 bridgehead atoms. The SMILES string of the molecule is CC(=O)Nc1ccc(NC(=O)c2[nH]c(C)c(C(C)=O)c2C)cc1. The van der Waals surface area contributed by atoms with Crippen LogP contribution < -0.4 is 10.6 Å². The van der Waals surface area contributed by atoms with Crippen molar-refractivity contribution in [2.24, 2.45) is 0 Å². The van der Waals surface area contributed by atoms with Crippen LogP contribution in [-0.2, 0) is 4.79 Å². The van der Waals surface area contributed by atoms with Crippen LogP contribution in [0.15, 0.2) is 24.3 Å². The van der Waals surface area contributed by atoms with Crippen molar-refractivity contribution in [2.75, 3.05) is 10.6 Å². The number of nitrogens with one attached hydrogen (secondary N) is 3. The van der Waals surface area contributed by atoms with Gasteiger partial charge in [0.25, 0.3) is 5.91 Å². The summed E-state index contributed by atoms with van der Waals surface area (Å²) in [5, 5.41) is 5.42. The Bertz CT molecular complexity index is 773. The van der Waals surface area contributed by atoms with Crippen LogP contribution in [-0.4, -0.2) is 22.6 Å². The van der Waals surface area contributed by atoms with Gasteiger partial charge in [-0.15, -0.1) is 0 Å². The Kier molecular flexibility index (Phi) is 4.64. The zero-order chi connectivity index (χ0) is 17.1. The molecule has 0 saturated carbocycles. The summed E-state index contributed by atoms with van der Waals surface area (Å²) in [5.41, 5.74) is 3.50. The van der Waals surface area contributed by atoms with E-state index in [0.29, 0.717) is 33.9 Å². The molecule has 0 atom stereocenters. The second-order valence-electron chi connectivity index (χ2n) is 5.39. The summed E-state index contributed by atoms with van der Waals surface area (Å²) >= 11 is 0. The molecule has 3 N–H and O–H groups in total. The molecule has 1 aromatic carbocycles. The number of hydrogen-bond donors (Lipinski definition) is 3. The normalized spacial score (nSPS) is 10.3. The summed E-state index contributed by atoms with van der Waals surface area (Å²) in [5.74, 6) is -0.545. The second-order valence-corrected chi connectivity index (χ2v) is 5.39. The molecule has 6 heteroatoms. The van der Waals surface area contributed by atoms with E-state index in [1.54, 1.807) is 38.1 Å². The number of Topliss-reactive ketones (excluding diaryl/α,β-unsaturated/α-hetero) is 1. The molecule has 2 amide bonds. The Hall–Kier alpha value is -2.89. The van der Waals surface area contributed by atoms with Crippen LogP contribution in [0.4, 0.5) is 11.4 Å². The lowest BCUT2D eigenvalue weighted by atomic mass is 10.1. The molecule has 0 radical (unpaired) electrons. The number of rotatable bonds is 4. The van der Waals surface area contributed by atoms with Crippen LogP contribution in [0.3, 0.4) is 0 Å². The van der Waals surface area contributed by atoms with Crippen molar-refractivity contribution in [1.29, 1.82) is 0 Å². The zero-order valence-electron chi connectivity index (χ0n) is 13.5. The summed E-state index contributed by atoms with van der Waals surface area (Å²) in [6.45, 7) is 6.42. The standard InChI is InChI=1S/C17H19N3O3/c1-9-15(11(3)21)10(2)18-16(9)17(23)20-14-7-5-13(6-8-14)19-12(4)22/h5-8,18H,1-4H3,(H,19,22)(H,20,23). The van der Waals surface area contributed by atoms with Crippen molar-refractivity contribution in [3.05, 3.63) is 46.8 Å². The van der Waals surface area contributed by atoms with Gasteiger partial charge in [0.2, 0.25) is 5.91 Å². The Labute approximate surface area is 134 Å². The predicted molar refractivity (Wildman–Crippen MR) is 89.0 cm³/mol. The number of amides is 2. The first kappa shape index (κ1) is 16.5. The maximum atomic E-state index is 12.4. The van der Waals surface area contributed by atoms with Crippen LogP contribution in [0.1, 0.15) is 46.0 Å². The summed E-state index contributed by atoms with van der Waals surface area (Å²) in [6.07, 6.45) is 0. The van der Waals surface area contributed by atoms with Gasteiger partial charge in [0, 0.05) is 29.6 Å². The molecule has 1 heterocycles. The van der Waals surface area contributed by atoms with Crippen molar-refractivity contribution < 1.29 is 14.4 Å². The Balaban J connectivity index is 2.18. The first-order valence-electron chi connectivity index (χ1n) is 7.18. The maximum Gasteiger partial charge on any atom is 0.272 e. The van der Waals surface area contributed by atoms with Crippen molar-refractivity contribution in [3.63, 3.8) is 0 Å². The lowest BCUT2D eigenvalue weighted by Gasteiger charge is -2.07. The third kappa shape index (κ3) is 3.66. The number of hydrogen-bond acceptors (Lipinski definition) is 3. The van der Waals surface area contributed by atoms with Gasteiger partial charge in [0.1, 0.15) is 5.69 Å². The van der Waals surface area contributed by atoms with E-state index in [4.69, 9.17) is 0 Å². The van der Waals surface area contributed by atoms with Gasteiger partial charge in [-0.2, -0.15) is 0 Å². The topological polar surface area (TPSA) is 91.1 Å². The number of carbonyl (C=O) groups excluding carboxylic acids is 3. The Morgan fingerprint density at radius 2 is 1.43 bits per heavy atom. The second kappa shape index (κ2) is 6.48. The number of aromatic amines is 1. The largest absolute Gasteiger partial charge is 0.354 e. The summed E-state index contributed by atoms with van der Waals surface area (Å²) in [6, 6.07) is 6.79. The number of benzene rings is 1. The lowest BCUT2D eigenvalue weighted by molar-refractivity contribution is -0.114. The van der Waals surface area contributed by atoms with Gasteiger partial charge in [-0.25, -0.2) is 0 Å². The summed E-state index contributed by atoms with van der Waals surface area (Å²) in [4.78, 5) is 37.9. The average Bonchev–Trinajstić information content (AvgIpc) is 2.75. The van der Waals surface area contributed by atoms with E-state index in [-0.39, 0.29) is 17.6 Å². The highest BCUT2D eigenvalue weighted by atomic mass is 16.2. The molecule has 23 heavy (non-hydrogen) atoms. The summed E-state index contributed by atoms with van der Waals surface area (Å²) < 4.78 is 0. The third-order valence-corrected chi connectivity index (χ3v) is 3.48. The van der Waals surface area contributed by atoms with E-state index < -0.39 is 0 Å². The van der Waals surface area contributed by atoms with Crippen LogP contribution in [0, 0.1) is 13.8 Å². The first-order chi connectivity index (χ1) is 10.8. The van der Waals surface area contributed by atoms with Crippen molar-refractivity contribution >= 4 is 29.0 Å². The number of ketones is 1. The maximum absolute atomic E-state index is 12.4. The minimum absolute atomic E-state index is 0.0741. The molecule has 0 unspecified atom stereocenters. The van der Waals surface area contributed by atoms with E-state index in [1.165, 1.54) is 13.8 Å². The molecule has 0 saturated heterocycles. The zero-order valence-corrected chi connectivity index (χ0v) is 13.5. The van der Waals surface area contributed by atoms with E-state index in [2.05, 4.69) is 15.6 Å². The van der Waals surface area contributed by atoms with Crippen LogP contribution in [0.5, 0.6) is 0 Å². The molecule has 6 nitrogen and oxygen atoms in total. The number of aryl methyl sites for hydroxylation is 1. The fraction of sp³-hybridized carbons (Fsp3) is 0.235. The van der Waals surface area contributed by atoms with Crippen LogP contribution in [0.2, 0.25) is 0 Å². The van der Waals surface area contributed by atoms with Crippen molar-refractivity contribution in [2.45, 2.75) is 27.7 Å². The fourth-order valence-electron chi connectivity index (χ4n) is 2.54. The highest BCUT2D eigenvalue weighted by Gasteiger charge is 2.19. The highest BCUT2D eigenvalue weighted by molar-refractivity contribution is 6.07. The monoisotopic (exact) mass is 313 g/mol. The van der Waals surface area contributed by atoms with E-state index in [0.717, 1.165) is 0 Å². The Morgan fingerprint density at radius 3 is 1.87 bits per heavy atom. The minimum Gasteiger partial charge on any atom is -0.354 e. The van der Waals surface area contributed by atoms with Crippen molar-refractivity contribution in [3.8, 4) is 0 Å². The molecule has 0 fully saturated rings. The van der Waals surface area contributed by atoms with Crippen molar-refractivity contribution in [1.82, 2.24) is 4.98 Å². The molecule has 0 aliphatic heterocycles. The molecule has 0 spiro atoms. The van der Waals surface area contributed by atoms with Gasteiger partial charge in [-0.3, -0.25) is 14.4 Å². The minimum atomic E-state index is -0.314. The van der Waals surface area contributed by atoms with Gasteiger partial charge in [-0.1, -0.05) is 0 Å². The molecule has 120 valence electrons. The van der Waals surface area contributed by atoms with Gasteiger partial charge in [0.15, 0.2) is 5.78 Å². The van der Waals surface area contributed by atoms with Crippen LogP contribution in [0.25, 0.3) is 0 Å². The first-order valence-corrected chi connectivity index (χ1v) is 7.18. The lowest BCUT2D eigenvalue weighted by Crippen LogP contribution is -2.14. The molecule has 0 aliphatic rings. The van der Waals surface area contributed by atoms with E-state index in [1.807, 2.05) is 0 Å². The van der Waals surface area contributed by atoms with Crippen LogP contribution >= 0.6 is 0 Å². The third-order valence-electron chi connectivity index (χ3n) is 3.48.